The van der Waals surface area contributed by atoms with E-state index >= 15 is 0 Å². The summed E-state index contributed by atoms with van der Waals surface area (Å²) in [6, 6.07) is 17.8. The van der Waals surface area contributed by atoms with Gasteiger partial charge in [0.15, 0.2) is 0 Å². The van der Waals surface area contributed by atoms with Crippen LogP contribution in [0.3, 0.4) is 0 Å². The second-order valence-electron chi connectivity index (χ2n) is 5.66. The third-order valence-electron chi connectivity index (χ3n) is 3.87. The molecule has 8 heteroatoms. The van der Waals surface area contributed by atoms with Gasteiger partial charge in [-0.25, -0.2) is 9.36 Å². The first-order valence-electron chi connectivity index (χ1n) is 7.96. The molecule has 0 aliphatic carbocycles. The summed E-state index contributed by atoms with van der Waals surface area (Å²) in [6.45, 7) is 0. The second kappa shape index (κ2) is 7.31. The van der Waals surface area contributed by atoms with Crippen molar-refractivity contribution in [2.45, 2.75) is 10.9 Å². The van der Waals surface area contributed by atoms with Gasteiger partial charge >= 0.3 is 0 Å². The molecule has 0 spiro atoms. The predicted molar refractivity (Wildman–Crippen MR) is 102 cm³/mol. The summed E-state index contributed by atoms with van der Waals surface area (Å²) in [5.74, 6) is 0.707. The number of rotatable bonds is 5. The fourth-order valence-electron chi connectivity index (χ4n) is 2.56. The molecule has 0 saturated heterocycles. The first kappa shape index (κ1) is 16.8. The molecule has 2 aromatic carbocycles. The Morgan fingerprint density at radius 2 is 1.81 bits per heavy atom. The van der Waals surface area contributed by atoms with Gasteiger partial charge in [-0.2, -0.15) is 5.10 Å². The number of thioether (sulfide) groups is 1. The number of benzene rings is 2. The number of halogens is 1. The maximum absolute atomic E-state index is 6.03. The Hall–Kier alpha value is -2.64. The van der Waals surface area contributed by atoms with Crippen molar-refractivity contribution in [3.63, 3.8) is 0 Å². The van der Waals surface area contributed by atoms with Gasteiger partial charge in [0, 0.05) is 35.1 Å². The molecule has 0 radical (unpaired) electrons. The van der Waals surface area contributed by atoms with Crippen LogP contribution >= 0.6 is 23.4 Å². The molecule has 0 atom stereocenters. The van der Waals surface area contributed by atoms with Crippen LogP contribution in [0, 0.1) is 0 Å². The van der Waals surface area contributed by atoms with Gasteiger partial charge in [-0.3, -0.25) is 0 Å². The summed E-state index contributed by atoms with van der Waals surface area (Å²) >= 11 is 7.61. The van der Waals surface area contributed by atoms with Crippen LogP contribution in [0.25, 0.3) is 16.9 Å². The van der Waals surface area contributed by atoms with E-state index in [4.69, 9.17) is 16.7 Å². The minimum atomic E-state index is 0.706. The number of para-hydroxylation sites is 1. The van der Waals surface area contributed by atoms with Gasteiger partial charge in [0.1, 0.15) is 0 Å². The highest BCUT2D eigenvalue weighted by molar-refractivity contribution is 7.98. The van der Waals surface area contributed by atoms with E-state index in [9.17, 15) is 0 Å². The highest BCUT2D eigenvalue weighted by Gasteiger charge is 2.14. The van der Waals surface area contributed by atoms with Crippen LogP contribution in [0.4, 0.5) is 0 Å². The fourth-order valence-corrected chi connectivity index (χ4v) is 3.50. The SMILES string of the molecule is Cn1nnnc1SCc1cn(-c2ccccc2)nc1-c1ccc(Cl)cc1. The monoisotopic (exact) mass is 382 g/mol. The smallest absolute Gasteiger partial charge is 0.209 e. The lowest BCUT2D eigenvalue weighted by Crippen LogP contribution is -1.93. The fraction of sp³-hybridized carbons (Fsp3) is 0.111. The van der Waals surface area contributed by atoms with Gasteiger partial charge in [0.05, 0.1) is 11.4 Å². The normalized spacial score (nSPS) is 11.0. The van der Waals surface area contributed by atoms with Crippen molar-refractivity contribution in [2.75, 3.05) is 0 Å². The van der Waals surface area contributed by atoms with Crippen molar-refractivity contribution in [1.29, 1.82) is 0 Å². The number of hydrogen-bond acceptors (Lipinski definition) is 5. The molecule has 0 N–H and O–H groups in total. The van der Waals surface area contributed by atoms with E-state index in [1.54, 1.807) is 16.4 Å². The summed E-state index contributed by atoms with van der Waals surface area (Å²) < 4.78 is 3.56. The molecular formula is C18H15ClN6S. The largest absolute Gasteiger partial charge is 0.240 e. The number of aromatic nitrogens is 6. The Morgan fingerprint density at radius 1 is 1.04 bits per heavy atom. The average molecular weight is 383 g/mol. The summed E-state index contributed by atoms with van der Waals surface area (Å²) in [6.07, 6.45) is 2.05. The Kier molecular flexibility index (Phi) is 4.73. The molecule has 0 aliphatic heterocycles. The first-order chi connectivity index (χ1) is 12.7. The van der Waals surface area contributed by atoms with Crippen LogP contribution in [0.5, 0.6) is 0 Å². The van der Waals surface area contributed by atoms with E-state index in [0.717, 1.165) is 27.7 Å². The first-order valence-corrected chi connectivity index (χ1v) is 9.32. The zero-order chi connectivity index (χ0) is 17.9. The summed E-state index contributed by atoms with van der Waals surface area (Å²) in [7, 11) is 1.83. The standard InChI is InChI=1S/C18H15ClN6S/c1-24-18(20-22-23-24)26-12-14-11-25(16-5-3-2-4-6-16)21-17(14)13-7-9-15(19)10-8-13/h2-11H,12H2,1H3. The van der Waals surface area contributed by atoms with E-state index in [2.05, 4.69) is 21.7 Å². The van der Waals surface area contributed by atoms with Gasteiger partial charge < -0.3 is 0 Å². The van der Waals surface area contributed by atoms with Crippen LogP contribution in [0.15, 0.2) is 66.0 Å². The molecule has 2 aromatic heterocycles. The van der Waals surface area contributed by atoms with Crippen molar-refractivity contribution in [2.24, 2.45) is 7.05 Å². The lowest BCUT2D eigenvalue weighted by molar-refractivity contribution is 0.664. The van der Waals surface area contributed by atoms with Crippen molar-refractivity contribution >= 4 is 23.4 Å². The van der Waals surface area contributed by atoms with Gasteiger partial charge in [-0.05, 0) is 34.7 Å². The van der Waals surface area contributed by atoms with Crippen LogP contribution < -0.4 is 0 Å². The molecule has 0 amide bonds. The molecule has 0 aliphatic rings. The van der Waals surface area contributed by atoms with Gasteiger partial charge in [0.2, 0.25) is 5.16 Å². The third kappa shape index (κ3) is 3.49. The lowest BCUT2D eigenvalue weighted by Gasteiger charge is -2.02. The van der Waals surface area contributed by atoms with E-state index in [1.807, 2.05) is 66.3 Å². The summed E-state index contributed by atoms with van der Waals surface area (Å²) in [5.41, 5.74) is 4.06. The highest BCUT2D eigenvalue weighted by Crippen LogP contribution is 2.29. The topological polar surface area (TPSA) is 61.4 Å². The molecule has 6 nitrogen and oxygen atoms in total. The van der Waals surface area contributed by atoms with E-state index in [-0.39, 0.29) is 0 Å². The average Bonchev–Trinajstić information content (AvgIpc) is 3.27. The summed E-state index contributed by atoms with van der Waals surface area (Å²) in [5, 5.41) is 17.9. The van der Waals surface area contributed by atoms with E-state index in [1.165, 1.54) is 0 Å². The molecule has 2 heterocycles. The quantitative estimate of drug-likeness (QED) is 0.488. The van der Waals surface area contributed by atoms with E-state index < -0.39 is 0 Å². The Balaban J connectivity index is 1.71. The van der Waals surface area contributed by atoms with Crippen LogP contribution in [-0.4, -0.2) is 30.0 Å². The number of nitrogens with zero attached hydrogens (tertiary/aromatic N) is 6. The molecule has 130 valence electrons. The molecular weight excluding hydrogens is 368 g/mol. The van der Waals surface area contributed by atoms with Crippen LogP contribution in [0.1, 0.15) is 5.56 Å². The molecule has 0 bridgehead atoms. The zero-order valence-electron chi connectivity index (χ0n) is 14.0. The highest BCUT2D eigenvalue weighted by atomic mass is 35.5. The van der Waals surface area contributed by atoms with Gasteiger partial charge in [-0.15, -0.1) is 5.10 Å². The number of aryl methyl sites for hydroxylation is 1. The third-order valence-corrected chi connectivity index (χ3v) is 5.18. The molecule has 0 fully saturated rings. The minimum Gasteiger partial charge on any atom is -0.240 e. The molecule has 0 saturated carbocycles. The number of tetrazole rings is 1. The Labute approximate surface area is 159 Å². The van der Waals surface area contributed by atoms with Crippen molar-refractivity contribution < 1.29 is 0 Å². The number of hydrogen-bond donors (Lipinski definition) is 0. The zero-order valence-corrected chi connectivity index (χ0v) is 15.5. The van der Waals surface area contributed by atoms with E-state index in [0.29, 0.717) is 10.8 Å². The second-order valence-corrected chi connectivity index (χ2v) is 7.04. The molecule has 26 heavy (non-hydrogen) atoms. The molecule has 4 aromatic rings. The van der Waals surface area contributed by atoms with Crippen molar-refractivity contribution in [3.05, 3.63) is 71.4 Å². The maximum Gasteiger partial charge on any atom is 0.209 e. The molecule has 4 rings (SSSR count). The molecule has 0 unspecified atom stereocenters. The Morgan fingerprint density at radius 3 is 2.50 bits per heavy atom. The lowest BCUT2D eigenvalue weighted by atomic mass is 10.1. The van der Waals surface area contributed by atoms with Gasteiger partial charge in [-0.1, -0.05) is 53.7 Å². The summed E-state index contributed by atoms with van der Waals surface area (Å²) in [4.78, 5) is 0. The van der Waals surface area contributed by atoms with Crippen molar-refractivity contribution in [3.8, 4) is 16.9 Å². The Bertz CT molecular complexity index is 1010. The predicted octanol–water partition coefficient (Wildman–Crippen LogP) is 4.01. The van der Waals surface area contributed by atoms with Crippen molar-refractivity contribution in [1.82, 2.24) is 30.0 Å². The van der Waals surface area contributed by atoms with Gasteiger partial charge in [0.25, 0.3) is 0 Å². The maximum atomic E-state index is 6.03. The van der Waals surface area contributed by atoms with Crippen LogP contribution in [0.2, 0.25) is 5.02 Å². The van der Waals surface area contributed by atoms with Crippen LogP contribution in [-0.2, 0) is 12.8 Å². The minimum absolute atomic E-state index is 0.706.